The van der Waals surface area contributed by atoms with Gasteiger partial charge in [0.15, 0.2) is 0 Å². The molecule has 0 aromatic carbocycles. The van der Waals surface area contributed by atoms with Gasteiger partial charge in [-0.25, -0.2) is 4.39 Å². The second-order valence-electron chi connectivity index (χ2n) is 3.89. The largest absolute Gasteiger partial charge is 0.384 e. The van der Waals surface area contributed by atoms with Crippen LogP contribution in [0, 0.1) is 5.41 Å². The molecule has 0 N–H and O–H groups in total. The summed E-state index contributed by atoms with van der Waals surface area (Å²) in [5.41, 5.74) is 0.334. The van der Waals surface area contributed by atoms with E-state index < -0.39 is 11.6 Å². The van der Waals surface area contributed by atoms with E-state index in [0.717, 1.165) is 12.0 Å². The second-order valence-corrected chi connectivity index (χ2v) is 3.89. The van der Waals surface area contributed by atoms with Gasteiger partial charge in [0, 0.05) is 12.5 Å². The molecule has 0 saturated carbocycles. The molecule has 0 aromatic heterocycles. The van der Waals surface area contributed by atoms with Gasteiger partial charge in [0.05, 0.1) is 6.61 Å². The van der Waals surface area contributed by atoms with Crippen LogP contribution >= 0.6 is 0 Å². The van der Waals surface area contributed by atoms with Crippen molar-refractivity contribution >= 4 is 0 Å². The van der Waals surface area contributed by atoms with Gasteiger partial charge in [-0.15, -0.1) is 0 Å². The van der Waals surface area contributed by atoms with Crippen LogP contribution in [0.15, 0.2) is 12.2 Å². The van der Waals surface area contributed by atoms with Crippen molar-refractivity contribution in [3.63, 3.8) is 0 Å². The number of hydrogen-bond donors (Lipinski definition) is 0. The molecule has 13 heavy (non-hydrogen) atoms. The van der Waals surface area contributed by atoms with E-state index in [-0.39, 0.29) is 0 Å². The lowest BCUT2D eigenvalue weighted by molar-refractivity contribution is 0.0478. The van der Waals surface area contributed by atoms with Gasteiger partial charge in [0.2, 0.25) is 0 Å². The molecule has 0 aliphatic carbocycles. The molecule has 0 heterocycles. The Balaban J connectivity index is 4.47. The fourth-order valence-corrected chi connectivity index (χ4v) is 1.35. The van der Waals surface area contributed by atoms with Crippen LogP contribution in [0.5, 0.6) is 0 Å². The predicted octanol–water partition coefficient (Wildman–Crippen LogP) is 3.35. The normalized spacial score (nSPS) is 17.9. The number of hydrogen-bond acceptors (Lipinski definition) is 1. The van der Waals surface area contributed by atoms with E-state index in [1.54, 1.807) is 7.11 Å². The smallest absolute Gasteiger partial charge is 0.111 e. The maximum absolute atomic E-state index is 13.7. The Labute approximate surface area is 81.0 Å². The lowest BCUT2D eigenvalue weighted by atomic mass is 9.78. The highest BCUT2D eigenvalue weighted by molar-refractivity contribution is 5.09. The maximum atomic E-state index is 13.7. The zero-order valence-electron chi connectivity index (χ0n) is 9.19. The summed E-state index contributed by atoms with van der Waals surface area (Å²) in [6.45, 7) is 9.96. The molecule has 78 valence electrons. The number of halogens is 1. The summed E-state index contributed by atoms with van der Waals surface area (Å²) in [6, 6.07) is 0. The van der Waals surface area contributed by atoms with Crippen molar-refractivity contribution in [1.82, 2.24) is 0 Å². The van der Waals surface area contributed by atoms with Gasteiger partial charge < -0.3 is 4.74 Å². The van der Waals surface area contributed by atoms with Crippen LogP contribution in [0.3, 0.4) is 0 Å². The molecule has 2 heteroatoms. The minimum Gasteiger partial charge on any atom is -0.384 e. The quantitative estimate of drug-likeness (QED) is 0.581. The van der Waals surface area contributed by atoms with Gasteiger partial charge in [0.1, 0.15) is 6.17 Å². The third-order valence-electron chi connectivity index (χ3n) is 2.65. The summed E-state index contributed by atoms with van der Waals surface area (Å²) in [7, 11) is 1.60. The topological polar surface area (TPSA) is 9.23 Å². The molecule has 0 amide bonds. The number of ether oxygens (including phenoxy) is 1. The zero-order valence-corrected chi connectivity index (χ0v) is 9.19. The van der Waals surface area contributed by atoms with Gasteiger partial charge in [-0.2, -0.15) is 0 Å². The molecular weight excluding hydrogens is 167 g/mol. The van der Waals surface area contributed by atoms with Crippen molar-refractivity contribution < 1.29 is 9.13 Å². The van der Waals surface area contributed by atoms with Crippen molar-refractivity contribution in [1.29, 1.82) is 0 Å². The Morgan fingerprint density at radius 2 is 2.15 bits per heavy atom. The van der Waals surface area contributed by atoms with Gasteiger partial charge >= 0.3 is 0 Å². The summed E-state index contributed by atoms with van der Waals surface area (Å²) in [5.74, 6) is 0. The zero-order chi connectivity index (χ0) is 10.5. The molecule has 1 nitrogen and oxygen atoms in total. The summed E-state index contributed by atoms with van der Waals surface area (Å²) < 4.78 is 18.8. The van der Waals surface area contributed by atoms with Crippen molar-refractivity contribution in [2.45, 2.75) is 39.8 Å². The standard InChI is InChI=1S/C11H21FO/c1-6-7-10(12)11(4,8-13-5)9(2)3/h10H,2,6-8H2,1,3-5H3/t10-,11-/m0/s1. The van der Waals surface area contributed by atoms with Gasteiger partial charge in [0.25, 0.3) is 0 Å². The lowest BCUT2D eigenvalue weighted by Gasteiger charge is -2.32. The Kier molecular flexibility index (Phi) is 5.23. The summed E-state index contributed by atoms with van der Waals surface area (Å²) in [4.78, 5) is 0. The first-order valence-corrected chi connectivity index (χ1v) is 4.78. The van der Waals surface area contributed by atoms with Gasteiger partial charge in [-0.05, 0) is 13.3 Å². The highest BCUT2D eigenvalue weighted by Gasteiger charge is 2.34. The van der Waals surface area contributed by atoms with Crippen molar-refractivity contribution in [2.75, 3.05) is 13.7 Å². The average Bonchev–Trinajstić information content (AvgIpc) is 2.04. The maximum Gasteiger partial charge on any atom is 0.111 e. The Hall–Kier alpha value is -0.370. The first-order valence-electron chi connectivity index (χ1n) is 4.78. The fourth-order valence-electron chi connectivity index (χ4n) is 1.35. The number of methoxy groups -OCH3 is 1. The van der Waals surface area contributed by atoms with Crippen molar-refractivity contribution in [3.8, 4) is 0 Å². The predicted molar refractivity (Wildman–Crippen MR) is 54.6 cm³/mol. The number of rotatable bonds is 6. The van der Waals surface area contributed by atoms with E-state index in [1.807, 2.05) is 20.8 Å². The second kappa shape index (κ2) is 5.38. The van der Waals surface area contributed by atoms with E-state index in [4.69, 9.17) is 4.74 Å². The fraction of sp³-hybridized carbons (Fsp3) is 0.818. The van der Waals surface area contributed by atoms with Crippen LogP contribution in [0.4, 0.5) is 4.39 Å². The molecular formula is C11H21FO. The third kappa shape index (κ3) is 3.11. The minimum absolute atomic E-state index is 0.406. The van der Waals surface area contributed by atoms with Gasteiger partial charge in [-0.1, -0.05) is 32.4 Å². The van der Waals surface area contributed by atoms with E-state index >= 15 is 0 Å². The van der Waals surface area contributed by atoms with E-state index in [2.05, 4.69) is 6.58 Å². The summed E-state index contributed by atoms with van der Waals surface area (Å²) in [6.07, 6.45) is 0.579. The number of alkyl halides is 1. The van der Waals surface area contributed by atoms with Crippen LogP contribution in [-0.2, 0) is 4.74 Å². The molecule has 0 aromatic rings. The van der Waals surface area contributed by atoms with Crippen LogP contribution in [0.2, 0.25) is 0 Å². The Morgan fingerprint density at radius 3 is 2.46 bits per heavy atom. The van der Waals surface area contributed by atoms with Crippen LogP contribution in [0.25, 0.3) is 0 Å². The average molecular weight is 188 g/mol. The Morgan fingerprint density at radius 1 is 1.62 bits per heavy atom. The van der Waals surface area contributed by atoms with Crippen molar-refractivity contribution in [3.05, 3.63) is 12.2 Å². The molecule has 0 rings (SSSR count). The van der Waals surface area contributed by atoms with Crippen LogP contribution < -0.4 is 0 Å². The van der Waals surface area contributed by atoms with Crippen molar-refractivity contribution in [2.24, 2.45) is 5.41 Å². The molecule has 0 radical (unpaired) electrons. The monoisotopic (exact) mass is 188 g/mol. The van der Waals surface area contributed by atoms with E-state index in [0.29, 0.717) is 13.0 Å². The highest BCUT2D eigenvalue weighted by Crippen LogP contribution is 2.34. The van der Waals surface area contributed by atoms with Crippen LogP contribution in [0.1, 0.15) is 33.6 Å². The first-order chi connectivity index (χ1) is 5.99. The molecule has 0 saturated heterocycles. The lowest BCUT2D eigenvalue weighted by Crippen LogP contribution is -2.34. The molecule has 0 aliphatic heterocycles. The molecule has 0 fully saturated rings. The molecule has 0 spiro atoms. The highest BCUT2D eigenvalue weighted by atomic mass is 19.1. The molecule has 2 atom stereocenters. The molecule has 0 bridgehead atoms. The third-order valence-corrected chi connectivity index (χ3v) is 2.65. The van der Waals surface area contributed by atoms with E-state index in [9.17, 15) is 4.39 Å². The summed E-state index contributed by atoms with van der Waals surface area (Å²) >= 11 is 0. The molecule has 0 unspecified atom stereocenters. The SMILES string of the molecule is C=C(C)[C@](C)(COC)[C@@H](F)CCC. The van der Waals surface area contributed by atoms with Crippen LogP contribution in [-0.4, -0.2) is 19.9 Å². The molecule has 0 aliphatic rings. The minimum atomic E-state index is -0.852. The van der Waals surface area contributed by atoms with Gasteiger partial charge in [-0.3, -0.25) is 0 Å². The first kappa shape index (κ1) is 12.6. The summed E-state index contributed by atoms with van der Waals surface area (Å²) in [5, 5.41) is 0. The Bertz CT molecular complexity index is 167. The van der Waals surface area contributed by atoms with E-state index in [1.165, 1.54) is 0 Å².